The monoisotopic (exact) mass is 283 g/mol. The highest BCUT2D eigenvalue weighted by Crippen LogP contribution is 2.27. The van der Waals surface area contributed by atoms with Crippen LogP contribution in [0.5, 0.6) is 0 Å². The normalized spacial score (nSPS) is 14.4. The zero-order valence-corrected chi connectivity index (χ0v) is 12.6. The van der Waals surface area contributed by atoms with Crippen LogP contribution in [0.1, 0.15) is 41.9 Å². The highest BCUT2D eigenvalue weighted by molar-refractivity contribution is 5.60. The van der Waals surface area contributed by atoms with Gasteiger partial charge in [-0.25, -0.2) is 15.8 Å². The van der Waals surface area contributed by atoms with Gasteiger partial charge in [0.15, 0.2) is 5.82 Å². The third kappa shape index (κ3) is 2.88. The molecule has 5 heteroatoms. The summed E-state index contributed by atoms with van der Waals surface area (Å²) in [6, 6.07) is 4.04. The fraction of sp³-hybridized carbons (Fsp3) is 0.438. The molecule has 110 valence electrons. The largest absolute Gasteiger partial charge is 0.308 e. The molecule has 3 N–H and O–H groups in total. The van der Waals surface area contributed by atoms with E-state index in [1.165, 1.54) is 24.8 Å². The summed E-state index contributed by atoms with van der Waals surface area (Å²) in [5.74, 6) is 7.18. The zero-order chi connectivity index (χ0) is 14.8. The Morgan fingerprint density at radius 1 is 0.952 bits per heavy atom. The molecule has 0 saturated carbocycles. The van der Waals surface area contributed by atoms with Crippen molar-refractivity contribution in [3.63, 3.8) is 0 Å². The Hall–Kier alpha value is -2.01. The van der Waals surface area contributed by atoms with E-state index in [0.29, 0.717) is 0 Å². The Bertz CT molecular complexity index is 646. The number of nitrogens with zero attached hydrogens (tertiary/aromatic N) is 3. The molecule has 0 spiro atoms. The van der Waals surface area contributed by atoms with Crippen LogP contribution >= 0.6 is 0 Å². The average Bonchev–Trinajstić information content (AvgIpc) is 2.70. The minimum absolute atomic E-state index is 0.734. The molecule has 0 radical (unpaired) electrons. The predicted octanol–water partition coefficient (Wildman–Crippen LogP) is 2.71. The molecule has 2 heterocycles. The standard InChI is InChI=1S/C16H21N5/c1-10-8-12(9-11(2)18-10)15-19-14-7-5-3-4-6-13(14)16(20-15)21-17/h8-9H,3-7,17H2,1-2H3,(H,19,20,21). The van der Waals surface area contributed by atoms with Crippen LogP contribution in [-0.4, -0.2) is 15.0 Å². The molecule has 3 rings (SSSR count). The molecular weight excluding hydrogens is 262 g/mol. The molecule has 1 aliphatic carbocycles. The molecule has 2 aromatic rings. The van der Waals surface area contributed by atoms with E-state index in [-0.39, 0.29) is 0 Å². The Balaban J connectivity index is 2.13. The number of nitrogens with one attached hydrogen (secondary N) is 1. The van der Waals surface area contributed by atoms with Crippen molar-refractivity contribution in [3.8, 4) is 11.4 Å². The predicted molar refractivity (Wildman–Crippen MR) is 83.8 cm³/mol. The highest BCUT2D eigenvalue weighted by Gasteiger charge is 2.17. The minimum atomic E-state index is 0.734. The molecular formula is C16H21N5. The average molecular weight is 283 g/mol. The summed E-state index contributed by atoms with van der Waals surface area (Å²) >= 11 is 0. The Labute approximate surface area is 125 Å². The van der Waals surface area contributed by atoms with Crippen molar-refractivity contribution >= 4 is 5.82 Å². The van der Waals surface area contributed by atoms with Crippen molar-refractivity contribution in [2.45, 2.75) is 46.0 Å². The molecule has 0 saturated heterocycles. The molecule has 0 unspecified atom stereocenters. The van der Waals surface area contributed by atoms with Crippen molar-refractivity contribution in [2.24, 2.45) is 5.84 Å². The van der Waals surface area contributed by atoms with Crippen LogP contribution in [0.4, 0.5) is 5.82 Å². The fourth-order valence-electron chi connectivity index (χ4n) is 2.98. The van der Waals surface area contributed by atoms with E-state index in [9.17, 15) is 0 Å². The topological polar surface area (TPSA) is 76.7 Å². The van der Waals surface area contributed by atoms with E-state index in [4.69, 9.17) is 10.8 Å². The van der Waals surface area contributed by atoms with Crippen LogP contribution in [0.25, 0.3) is 11.4 Å². The van der Waals surface area contributed by atoms with Gasteiger partial charge in [0.05, 0.1) is 0 Å². The Morgan fingerprint density at radius 3 is 2.38 bits per heavy atom. The third-order valence-electron chi connectivity index (χ3n) is 3.91. The van der Waals surface area contributed by atoms with E-state index >= 15 is 0 Å². The number of aryl methyl sites for hydroxylation is 3. The summed E-state index contributed by atoms with van der Waals surface area (Å²) in [7, 11) is 0. The first kappa shape index (κ1) is 13.9. The molecule has 0 fully saturated rings. The maximum atomic E-state index is 5.68. The van der Waals surface area contributed by atoms with Crippen molar-refractivity contribution in [3.05, 3.63) is 34.8 Å². The van der Waals surface area contributed by atoms with Gasteiger partial charge in [0.1, 0.15) is 5.82 Å². The lowest BCUT2D eigenvalue weighted by Gasteiger charge is -2.13. The molecule has 0 amide bonds. The van der Waals surface area contributed by atoms with Crippen LogP contribution in [0, 0.1) is 13.8 Å². The van der Waals surface area contributed by atoms with E-state index in [1.54, 1.807) is 0 Å². The summed E-state index contributed by atoms with van der Waals surface area (Å²) in [5.41, 5.74) is 8.03. The van der Waals surface area contributed by atoms with Gasteiger partial charge in [0.2, 0.25) is 0 Å². The van der Waals surface area contributed by atoms with Crippen LogP contribution in [0.2, 0.25) is 0 Å². The SMILES string of the molecule is Cc1cc(-c2nc3c(c(NN)n2)CCCCC3)cc(C)n1. The summed E-state index contributed by atoms with van der Waals surface area (Å²) < 4.78 is 0. The van der Waals surface area contributed by atoms with Crippen LogP contribution < -0.4 is 11.3 Å². The van der Waals surface area contributed by atoms with Crippen molar-refractivity contribution in [1.82, 2.24) is 15.0 Å². The van der Waals surface area contributed by atoms with Crippen LogP contribution in [0.3, 0.4) is 0 Å². The van der Waals surface area contributed by atoms with Crippen molar-refractivity contribution < 1.29 is 0 Å². The molecule has 0 aromatic carbocycles. The van der Waals surface area contributed by atoms with Gasteiger partial charge in [-0.3, -0.25) is 4.98 Å². The summed E-state index contributed by atoms with van der Waals surface area (Å²) in [5, 5.41) is 0. The van der Waals surface area contributed by atoms with Crippen LogP contribution in [0.15, 0.2) is 12.1 Å². The second-order valence-electron chi connectivity index (χ2n) is 5.66. The summed E-state index contributed by atoms with van der Waals surface area (Å²) in [4.78, 5) is 13.8. The second kappa shape index (κ2) is 5.77. The molecule has 2 aromatic heterocycles. The maximum absolute atomic E-state index is 5.68. The van der Waals surface area contributed by atoms with E-state index in [1.807, 2.05) is 26.0 Å². The van der Waals surface area contributed by atoms with Crippen molar-refractivity contribution in [2.75, 3.05) is 5.43 Å². The van der Waals surface area contributed by atoms with Gasteiger partial charge in [0, 0.05) is 28.2 Å². The van der Waals surface area contributed by atoms with Gasteiger partial charge >= 0.3 is 0 Å². The number of hydrogen-bond donors (Lipinski definition) is 2. The van der Waals surface area contributed by atoms with E-state index < -0.39 is 0 Å². The number of aromatic nitrogens is 3. The summed E-state index contributed by atoms with van der Waals surface area (Å²) in [6.45, 7) is 3.98. The first-order chi connectivity index (χ1) is 10.2. The van der Waals surface area contributed by atoms with Gasteiger partial charge in [-0.1, -0.05) is 6.42 Å². The molecule has 1 aliphatic rings. The Morgan fingerprint density at radius 2 is 1.67 bits per heavy atom. The first-order valence-corrected chi connectivity index (χ1v) is 7.49. The van der Waals surface area contributed by atoms with Gasteiger partial charge in [-0.2, -0.15) is 0 Å². The molecule has 0 bridgehead atoms. The zero-order valence-electron chi connectivity index (χ0n) is 12.6. The minimum Gasteiger partial charge on any atom is -0.308 e. The maximum Gasteiger partial charge on any atom is 0.161 e. The van der Waals surface area contributed by atoms with Gasteiger partial charge in [-0.05, 0) is 51.7 Å². The van der Waals surface area contributed by atoms with E-state index in [2.05, 4.69) is 15.4 Å². The number of nitrogen functional groups attached to an aromatic ring is 1. The summed E-state index contributed by atoms with van der Waals surface area (Å²) in [6.07, 6.45) is 5.61. The van der Waals surface area contributed by atoms with E-state index in [0.717, 1.165) is 47.1 Å². The Kier molecular flexibility index (Phi) is 3.84. The van der Waals surface area contributed by atoms with Crippen molar-refractivity contribution in [1.29, 1.82) is 0 Å². The number of fused-ring (bicyclic) bond motifs is 1. The number of hydrogen-bond acceptors (Lipinski definition) is 5. The molecule has 0 atom stereocenters. The van der Waals surface area contributed by atoms with Gasteiger partial charge < -0.3 is 5.43 Å². The lowest BCUT2D eigenvalue weighted by Crippen LogP contribution is -2.14. The smallest absolute Gasteiger partial charge is 0.161 e. The number of pyridine rings is 1. The lowest BCUT2D eigenvalue weighted by molar-refractivity contribution is 0.709. The molecule has 0 aliphatic heterocycles. The second-order valence-corrected chi connectivity index (χ2v) is 5.66. The van der Waals surface area contributed by atoms with Gasteiger partial charge in [0.25, 0.3) is 0 Å². The highest BCUT2D eigenvalue weighted by atomic mass is 15.3. The third-order valence-corrected chi connectivity index (χ3v) is 3.91. The molecule has 5 nitrogen and oxygen atoms in total. The number of rotatable bonds is 2. The lowest BCUT2D eigenvalue weighted by atomic mass is 10.1. The number of hydrazine groups is 1. The number of nitrogens with two attached hydrogens (primary N) is 1. The molecule has 21 heavy (non-hydrogen) atoms. The first-order valence-electron chi connectivity index (χ1n) is 7.49. The fourth-order valence-corrected chi connectivity index (χ4v) is 2.98. The number of anilines is 1. The van der Waals surface area contributed by atoms with Gasteiger partial charge in [-0.15, -0.1) is 0 Å². The van der Waals surface area contributed by atoms with Crippen LogP contribution in [-0.2, 0) is 12.8 Å². The quantitative estimate of drug-likeness (QED) is 0.503.